The number of rotatable bonds is 23. The maximum Gasteiger partial charge on any atom is 0.227 e. The smallest absolute Gasteiger partial charge is 0.227 e. The zero-order chi connectivity index (χ0) is 34.7. The molecular formula is C44H59O4P. The van der Waals surface area contributed by atoms with Crippen LogP contribution in [0.4, 0.5) is 0 Å². The van der Waals surface area contributed by atoms with Gasteiger partial charge in [-0.2, -0.15) is 0 Å². The number of unbranched alkanes of at least 4 members (excludes halogenated alkanes) is 14. The zero-order valence-electron chi connectivity index (χ0n) is 30.3. The first kappa shape index (κ1) is 38.3. The quantitative estimate of drug-likeness (QED) is 0.0568. The summed E-state index contributed by atoms with van der Waals surface area (Å²) in [5, 5.41) is 4.56. The van der Waals surface area contributed by atoms with Crippen molar-refractivity contribution >= 4 is 34.7 Å². The van der Waals surface area contributed by atoms with Crippen LogP contribution in [0.15, 0.2) is 114 Å². The average molecular weight is 683 g/mol. The number of hydrogen-bond acceptors (Lipinski definition) is 4. The Labute approximate surface area is 296 Å². The average Bonchev–Trinajstić information content (AvgIpc) is 3.15. The molecule has 4 nitrogen and oxygen atoms in total. The molecule has 0 atom stereocenters. The van der Waals surface area contributed by atoms with Crippen molar-refractivity contribution < 1.29 is 19.1 Å². The third-order valence-corrected chi connectivity index (χ3v) is 15.4. The summed E-state index contributed by atoms with van der Waals surface area (Å²) in [5.41, 5.74) is 1.08. The van der Waals surface area contributed by atoms with Gasteiger partial charge in [-0.25, -0.2) is 0 Å². The standard InChI is InChI=1S/C44H59O4P/c1-36-40(42(46)44(48-3)43(47-2)41(36)45)34-26-15-13-11-9-7-5-4-6-8-10-12-14-16-27-35-49(37-28-20-17-21-29-37,38-30-22-18-23-31-38)39-32-24-19-25-33-39/h17-25,28-33,49H,4-16,26-27,34-35H2,1-3H3. The second kappa shape index (κ2) is 20.9. The summed E-state index contributed by atoms with van der Waals surface area (Å²) in [6, 6.07) is 33.9. The van der Waals surface area contributed by atoms with Gasteiger partial charge in [0.05, 0.1) is 14.2 Å². The van der Waals surface area contributed by atoms with Gasteiger partial charge >= 0.3 is 191 Å². The molecule has 49 heavy (non-hydrogen) atoms. The Morgan fingerprint density at radius 2 is 0.776 bits per heavy atom. The summed E-state index contributed by atoms with van der Waals surface area (Å²) in [6.07, 6.45) is 20.9. The van der Waals surface area contributed by atoms with Crippen LogP contribution in [0, 0.1) is 0 Å². The zero-order valence-corrected chi connectivity index (χ0v) is 31.3. The topological polar surface area (TPSA) is 52.6 Å². The number of carbonyl (C=O) groups is 2. The van der Waals surface area contributed by atoms with Crippen molar-refractivity contribution in [2.75, 3.05) is 20.4 Å². The van der Waals surface area contributed by atoms with Gasteiger partial charge in [-0.3, -0.25) is 9.59 Å². The molecule has 1 aliphatic rings. The molecule has 0 saturated heterocycles. The minimum atomic E-state index is -2.09. The van der Waals surface area contributed by atoms with E-state index in [4.69, 9.17) is 9.47 Å². The second-order valence-corrected chi connectivity index (χ2v) is 17.7. The fourth-order valence-corrected chi connectivity index (χ4v) is 12.5. The van der Waals surface area contributed by atoms with E-state index in [2.05, 4.69) is 91.0 Å². The molecule has 5 heteroatoms. The normalized spacial score (nSPS) is 14.0. The molecule has 1 aliphatic carbocycles. The minimum Gasteiger partial charge on any atom is -0.285 e. The molecule has 0 amide bonds. The molecule has 0 aliphatic heterocycles. The summed E-state index contributed by atoms with van der Waals surface area (Å²) in [6.45, 7) is 1.72. The fourth-order valence-electron chi connectivity index (χ4n) is 7.58. The van der Waals surface area contributed by atoms with Crippen LogP contribution in [0.3, 0.4) is 0 Å². The predicted molar refractivity (Wildman–Crippen MR) is 209 cm³/mol. The molecule has 0 N–H and O–H groups in total. The Kier molecular flexibility index (Phi) is 16.3. The van der Waals surface area contributed by atoms with E-state index in [-0.39, 0.29) is 23.1 Å². The van der Waals surface area contributed by atoms with Gasteiger partial charge in [0.25, 0.3) is 0 Å². The van der Waals surface area contributed by atoms with E-state index in [0.717, 1.165) is 12.8 Å². The molecule has 0 unspecified atom stereocenters. The molecule has 3 aromatic rings. The van der Waals surface area contributed by atoms with Crippen LogP contribution < -0.4 is 15.9 Å². The number of methoxy groups -OCH3 is 2. The van der Waals surface area contributed by atoms with Crippen molar-refractivity contribution in [3.8, 4) is 0 Å². The molecule has 3 aromatic carbocycles. The van der Waals surface area contributed by atoms with Crippen LogP contribution >= 0.6 is 7.26 Å². The summed E-state index contributed by atoms with van der Waals surface area (Å²) in [5.74, 6) is -0.377. The number of allylic oxidation sites excluding steroid dienone is 2. The maximum atomic E-state index is 12.8. The van der Waals surface area contributed by atoms with Gasteiger partial charge in [0, 0.05) is 11.1 Å². The fraction of sp³-hybridized carbons (Fsp3) is 0.455. The first-order chi connectivity index (χ1) is 24.0. The number of hydrogen-bond donors (Lipinski definition) is 0. The number of ketones is 2. The molecule has 0 fully saturated rings. The largest absolute Gasteiger partial charge is 0.285 e. The van der Waals surface area contributed by atoms with Crippen LogP contribution in [-0.2, 0) is 19.1 Å². The third kappa shape index (κ3) is 10.5. The molecule has 0 bridgehead atoms. The van der Waals surface area contributed by atoms with Crippen LogP contribution in [0.2, 0.25) is 0 Å². The molecule has 0 spiro atoms. The Morgan fingerprint density at radius 3 is 1.14 bits per heavy atom. The third-order valence-electron chi connectivity index (χ3n) is 10.4. The molecular weight excluding hydrogens is 623 g/mol. The van der Waals surface area contributed by atoms with E-state index < -0.39 is 7.26 Å². The van der Waals surface area contributed by atoms with Crippen molar-refractivity contribution in [3.05, 3.63) is 114 Å². The van der Waals surface area contributed by atoms with Crippen LogP contribution in [-0.4, -0.2) is 31.9 Å². The van der Waals surface area contributed by atoms with Gasteiger partial charge in [-0.05, 0) is 19.8 Å². The van der Waals surface area contributed by atoms with Crippen LogP contribution in [0.25, 0.3) is 0 Å². The van der Waals surface area contributed by atoms with Gasteiger partial charge < -0.3 is 9.47 Å². The van der Waals surface area contributed by atoms with E-state index in [1.807, 2.05) is 0 Å². The SMILES string of the molecule is COC1=C(OC)C(=O)C(CCCCCCCCCCCCCCCCC[PH](c2ccccc2)(c2ccccc2)c2ccccc2)=C(C)C1=O. The van der Waals surface area contributed by atoms with Gasteiger partial charge in [0.15, 0.2) is 0 Å². The Morgan fingerprint density at radius 1 is 0.449 bits per heavy atom. The van der Waals surface area contributed by atoms with Crippen molar-refractivity contribution in [1.29, 1.82) is 0 Å². The summed E-state index contributed by atoms with van der Waals surface area (Å²) in [4.78, 5) is 25.3. The van der Waals surface area contributed by atoms with Gasteiger partial charge in [0.2, 0.25) is 23.1 Å². The van der Waals surface area contributed by atoms with E-state index in [1.165, 1.54) is 120 Å². The summed E-state index contributed by atoms with van der Waals surface area (Å²) < 4.78 is 10.3. The number of Topliss-reactive ketones (excluding diaryl/α,β-unsaturated/α-hetero) is 2. The monoisotopic (exact) mass is 682 g/mol. The molecule has 264 valence electrons. The Bertz CT molecular complexity index is 1400. The number of ether oxygens (including phenoxy) is 2. The Balaban J connectivity index is 1.06. The first-order valence-electron chi connectivity index (χ1n) is 18.8. The van der Waals surface area contributed by atoms with E-state index in [0.29, 0.717) is 17.6 Å². The van der Waals surface area contributed by atoms with Crippen molar-refractivity contribution in [2.45, 2.75) is 110 Å². The minimum absolute atomic E-state index is 0.0230. The van der Waals surface area contributed by atoms with E-state index >= 15 is 0 Å². The Hall–Kier alpha value is -3.49. The first-order valence-corrected chi connectivity index (χ1v) is 21.0. The molecule has 0 saturated carbocycles. The van der Waals surface area contributed by atoms with Crippen molar-refractivity contribution in [1.82, 2.24) is 0 Å². The van der Waals surface area contributed by atoms with Crippen molar-refractivity contribution in [3.63, 3.8) is 0 Å². The predicted octanol–water partition coefficient (Wildman–Crippen LogP) is 9.93. The van der Waals surface area contributed by atoms with Gasteiger partial charge in [-0.1, -0.05) is 19.3 Å². The molecule has 0 heterocycles. The summed E-state index contributed by atoms with van der Waals surface area (Å²) >= 11 is 0. The number of carbonyl (C=O) groups excluding carboxylic acids is 2. The molecule has 0 radical (unpaired) electrons. The molecule has 4 rings (SSSR count). The summed E-state index contributed by atoms with van der Waals surface area (Å²) in [7, 11) is 0.726. The van der Waals surface area contributed by atoms with Crippen molar-refractivity contribution in [2.24, 2.45) is 0 Å². The van der Waals surface area contributed by atoms with Crippen LogP contribution in [0.1, 0.15) is 110 Å². The molecule has 0 aromatic heterocycles. The second-order valence-electron chi connectivity index (χ2n) is 13.6. The van der Waals surface area contributed by atoms with E-state index in [9.17, 15) is 9.59 Å². The number of benzene rings is 3. The van der Waals surface area contributed by atoms with Gasteiger partial charge in [-0.15, -0.1) is 0 Å². The van der Waals surface area contributed by atoms with Crippen LogP contribution in [0.5, 0.6) is 0 Å². The van der Waals surface area contributed by atoms with Gasteiger partial charge in [0.1, 0.15) is 0 Å². The maximum absolute atomic E-state index is 12.8. The van der Waals surface area contributed by atoms with E-state index in [1.54, 1.807) is 6.92 Å².